The van der Waals surface area contributed by atoms with E-state index in [1.807, 2.05) is 51.1 Å². The quantitative estimate of drug-likeness (QED) is 0.729. The number of esters is 1. The average molecular weight is 361 g/mol. The molecule has 1 aliphatic heterocycles. The van der Waals surface area contributed by atoms with Gasteiger partial charge in [-0.15, -0.1) is 0 Å². The summed E-state index contributed by atoms with van der Waals surface area (Å²) in [5, 5.41) is 0. The number of carbonyl (C=O) groups is 2. The standard InChI is InChI=1S/C21H31NO4/c1-6-17-13-22(19(24)25-14-16-10-8-7-9-11-16)15-21(17,5)12-18(23)26-20(2,3)4/h7-11,17H,6,12-15H2,1-5H3/t17-,21-/m1/s1. The van der Waals surface area contributed by atoms with Crippen LogP contribution in [0.5, 0.6) is 0 Å². The second-order valence-electron chi connectivity index (χ2n) is 8.44. The van der Waals surface area contributed by atoms with Crippen molar-refractivity contribution in [2.45, 2.75) is 59.7 Å². The van der Waals surface area contributed by atoms with Crippen molar-refractivity contribution in [1.29, 1.82) is 0 Å². The fraction of sp³-hybridized carbons (Fsp3) is 0.619. The summed E-state index contributed by atoms with van der Waals surface area (Å²) in [5.41, 5.74) is 0.175. The van der Waals surface area contributed by atoms with E-state index >= 15 is 0 Å². The van der Waals surface area contributed by atoms with Crippen LogP contribution in [0.2, 0.25) is 0 Å². The van der Waals surface area contributed by atoms with Crippen molar-refractivity contribution in [3.8, 4) is 0 Å². The third-order valence-corrected chi connectivity index (χ3v) is 4.90. The Morgan fingerprint density at radius 2 is 1.88 bits per heavy atom. The summed E-state index contributed by atoms with van der Waals surface area (Å²) >= 11 is 0. The van der Waals surface area contributed by atoms with Crippen LogP contribution in [0.25, 0.3) is 0 Å². The zero-order chi connectivity index (χ0) is 19.4. The number of carbonyl (C=O) groups excluding carboxylic acids is 2. The van der Waals surface area contributed by atoms with E-state index in [2.05, 4.69) is 13.8 Å². The molecule has 2 atom stereocenters. The zero-order valence-electron chi connectivity index (χ0n) is 16.6. The van der Waals surface area contributed by atoms with Gasteiger partial charge < -0.3 is 14.4 Å². The van der Waals surface area contributed by atoms with E-state index in [-0.39, 0.29) is 30.0 Å². The zero-order valence-corrected chi connectivity index (χ0v) is 16.6. The number of amides is 1. The molecule has 0 aliphatic carbocycles. The van der Waals surface area contributed by atoms with Gasteiger partial charge in [-0.1, -0.05) is 50.6 Å². The summed E-state index contributed by atoms with van der Waals surface area (Å²) in [6.45, 7) is 11.1. The van der Waals surface area contributed by atoms with Gasteiger partial charge in [-0.25, -0.2) is 4.79 Å². The van der Waals surface area contributed by atoms with Crippen LogP contribution in [0, 0.1) is 11.3 Å². The van der Waals surface area contributed by atoms with Gasteiger partial charge in [0.2, 0.25) is 0 Å². The lowest BCUT2D eigenvalue weighted by Gasteiger charge is -2.30. The van der Waals surface area contributed by atoms with Gasteiger partial charge in [0.05, 0.1) is 6.42 Å². The molecule has 5 nitrogen and oxygen atoms in total. The minimum atomic E-state index is -0.498. The maximum atomic E-state index is 12.5. The molecule has 1 heterocycles. The van der Waals surface area contributed by atoms with E-state index in [9.17, 15) is 9.59 Å². The molecule has 1 amide bonds. The van der Waals surface area contributed by atoms with Crippen LogP contribution in [-0.4, -0.2) is 35.7 Å². The van der Waals surface area contributed by atoms with Crippen molar-refractivity contribution in [2.75, 3.05) is 13.1 Å². The van der Waals surface area contributed by atoms with Crippen LogP contribution in [0.1, 0.15) is 53.0 Å². The van der Waals surface area contributed by atoms with Crippen molar-refractivity contribution < 1.29 is 19.1 Å². The minimum absolute atomic E-state index is 0.210. The van der Waals surface area contributed by atoms with Crippen molar-refractivity contribution in [2.24, 2.45) is 11.3 Å². The van der Waals surface area contributed by atoms with Gasteiger partial charge in [0, 0.05) is 18.5 Å². The Morgan fingerprint density at radius 1 is 1.23 bits per heavy atom. The normalized spacial score (nSPS) is 23.0. The van der Waals surface area contributed by atoms with Crippen molar-refractivity contribution in [1.82, 2.24) is 4.90 Å². The molecule has 0 spiro atoms. The molecule has 1 saturated heterocycles. The summed E-state index contributed by atoms with van der Waals surface area (Å²) in [5.74, 6) is 0.0391. The predicted molar refractivity (Wildman–Crippen MR) is 101 cm³/mol. The highest BCUT2D eigenvalue weighted by atomic mass is 16.6. The number of benzene rings is 1. The van der Waals surface area contributed by atoms with Crippen LogP contribution in [-0.2, 0) is 20.9 Å². The molecule has 2 rings (SSSR count). The maximum absolute atomic E-state index is 12.5. The van der Waals surface area contributed by atoms with Crippen molar-refractivity contribution in [3.63, 3.8) is 0 Å². The molecule has 5 heteroatoms. The molecule has 144 valence electrons. The third-order valence-electron chi connectivity index (χ3n) is 4.90. The second kappa shape index (κ2) is 8.11. The van der Waals surface area contributed by atoms with Crippen LogP contribution < -0.4 is 0 Å². The molecule has 0 radical (unpaired) electrons. The monoisotopic (exact) mass is 361 g/mol. The number of hydrogen-bond acceptors (Lipinski definition) is 4. The molecule has 0 bridgehead atoms. The Balaban J connectivity index is 1.96. The second-order valence-corrected chi connectivity index (χ2v) is 8.44. The summed E-state index contributed by atoms with van der Waals surface area (Å²) < 4.78 is 10.9. The van der Waals surface area contributed by atoms with Gasteiger partial charge in [0.15, 0.2) is 0 Å². The first-order valence-corrected chi connectivity index (χ1v) is 9.30. The molecule has 1 aliphatic rings. The molecule has 1 fully saturated rings. The average Bonchev–Trinajstić information content (AvgIpc) is 2.88. The van der Waals surface area contributed by atoms with Gasteiger partial charge in [-0.2, -0.15) is 0 Å². The van der Waals surface area contributed by atoms with Crippen molar-refractivity contribution >= 4 is 12.1 Å². The van der Waals surface area contributed by atoms with E-state index in [4.69, 9.17) is 9.47 Å². The first-order chi connectivity index (χ1) is 12.1. The van der Waals surface area contributed by atoms with Gasteiger partial charge in [0.25, 0.3) is 0 Å². The molecular formula is C21H31NO4. The fourth-order valence-corrected chi connectivity index (χ4v) is 3.60. The summed E-state index contributed by atoms with van der Waals surface area (Å²) in [4.78, 5) is 26.5. The highest BCUT2D eigenvalue weighted by Gasteiger charge is 2.46. The number of nitrogens with zero attached hydrogens (tertiary/aromatic N) is 1. The molecule has 26 heavy (non-hydrogen) atoms. The number of rotatable bonds is 5. The lowest BCUT2D eigenvalue weighted by atomic mass is 9.76. The van der Waals surface area contributed by atoms with E-state index in [1.165, 1.54) is 0 Å². The van der Waals surface area contributed by atoms with Gasteiger partial charge in [-0.05, 0) is 32.3 Å². The van der Waals surface area contributed by atoms with Crippen molar-refractivity contribution in [3.05, 3.63) is 35.9 Å². The highest BCUT2D eigenvalue weighted by molar-refractivity contribution is 5.72. The summed E-state index contributed by atoms with van der Waals surface area (Å²) in [6, 6.07) is 9.63. The van der Waals surface area contributed by atoms with E-state index < -0.39 is 5.60 Å². The maximum Gasteiger partial charge on any atom is 0.410 e. The third kappa shape index (κ3) is 5.48. The Hall–Kier alpha value is -2.04. The Kier molecular flexibility index (Phi) is 6.32. The van der Waals surface area contributed by atoms with Crippen LogP contribution in [0.15, 0.2) is 30.3 Å². The Labute approximate surface area is 156 Å². The predicted octanol–water partition coefficient (Wildman–Crippen LogP) is 4.40. The number of likely N-dealkylation sites (tertiary alicyclic amines) is 1. The molecular weight excluding hydrogens is 330 g/mol. The number of ether oxygens (including phenoxy) is 2. The van der Waals surface area contributed by atoms with Gasteiger partial charge in [0.1, 0.15) is 12.2 Å². The lowest BCUT2D eigenvalue weighted by molar-refractivity contribution is -0.157. The largest absolute Gasteiger partial charge is 0.460 e. The number of hydrogen-bond donors (Lipinski definition) is 0. The van der Waals surface area contributed by atoms with Crippen LogP contribution in [0.4, 0.5) is 4.79 Å². The molecule has 0 aromatic heterocycles. The van der Waals surface area contributed by atoms with E-state index in [0.29, 0.717) is 19.5 Å². The summed E-state index contributed by atoms with van der Waals surface area (Å²) in [7, 11) is 0. The first kappa shape index (κ1) is 20.3. The summed E-state index contributed by atoms with van der Waals surface area (Å²) in [6.07, 6.45) is 0.896. The topological polar surface area (TPSA) is 55.8 Å². The Bertz CT molecular complexity index is 623. The molecule has 1 aromatic carbocycles. The fourth-order valence-electron chi connectivity index (χ4n) is 3.60. The van der Waals surface area contributed by atoms with E-state index in [1.54, 1.807) is 4.90 Å². The SMILES string of the molecule is CC[C@@H]1CN(C(=O)OCc2ccccc2)C[C@@]1(C)CC(=O)OC(C)(C)C. The smallest absolute Gasteiger partial charge is 0.410 e. The Morgan fingerprint density at radius 3 is 2.46 bits per heavy atom. The van der Waals surface area contributed by atoms with Gasteiger partial charge in [-0.3, -0.25) is 4.79 Å². The molecule has 0 saturated carbocycles. The van der Waals surface area contributed by atoms with Crippen LogP contribution >= 0.6 is 0 Å². The van der Waals surface area contributed by atoms with Crippen LogP contribution in [0.3, 0.4) is 0 Å². The first-order valence-electron chi connectivity index (χ1n) is 9.30. The van der Waals surface area contributed by atoms with Gasteiger partial charge >= 0.3 is 12.1 Å². The van der Waals surface area contributed by atoms with E-state index in [0.717, 1.165) is 12.0 Å². The molecule has 0 unspecified atom stereocenters. The minimum Gasteiger partial charge on any atom is -0.460 e. The molecule has 1 aromatic rings. The highest BCUT2D eigenvalue weighted by Crippen LogP contribution is 2.41. The molecule has 0 N–H and O–H groups in total. The lowest BCUT2D eigenvalue weighted by Crippen LogP contribution is -2.35.